The summed E-state index contributed by atoms with van der Waals surface area (Å²) in [6.07, 6.45) is 3.38. The lowest BCUT2D eigenvalue weighted by Gasteiger charge is -2.20. The van der Waals surface area contributed by atoms with Gasteiger partial charge in [0.25, 0.3) is 5.56 Å². The molecule has 0 aliphatic heterocycles. The van der Waals surface area contributed by atoms with Crippen molar-refractivity contribution < 1.29 is 0 Å². The lowest BCUT2D eigenvalue weighted by molar-refractivity contribution is 0.336. The van der Waals surface area contributed by atoms with Gasteiger partial charge in [0.2, 0.25) is 0 Å². The molecule has 2 rings (SSSR count). The predicted octanol–water partition coefficient (Wildman–Crippen LogP) is 2.75. The summed E-state index contributed by atoms with van der Waals surface area (Å²) in [6.45, 7) is 6.28. The Morgan fingerprint density at radius 2 is 2.00 bits per heavy atom. The number of hydrogen-bond donors (Lipinski definition) is 1. The highest BCUT2D eigenvalue weighted by atomic mass is 35.5. The number of aromatic nitrogens is 2. The van der Waals surface area contributed by atoms with Crippen LogP contribution < -0.4 is 11.2 Å². The maximum atomic E-state index is 12.5. The largest absolute Gasteiger partial charge is 0.329 e. The van der Waals surface area contributed by atoms with E-state index in [0.29, 0.717) is 23.8 Å². The Balaban J connectivity index is 2.55. The topological polar surface area (TPSA) is 54.9 Å². The van der Waals surface area contributed by atoms with Gasteiger partial charge in [-0.2, -0.15) is 0 Å². The van der Waals surface area contributed by atoms with Crippen molar-refractivity contribution in [2.75, 3.05) is 0 Å². The monoisotopic (exact) mass is 284 g/mol. The molecule has 4 nitrogen and oxygen atoms in total. The van der Waals surface area contributed by atoms with E-state index in [0.717, 1.165) is 19.3 Å². The van der Waals surface area contributed by atoms with Crippen LogP contribution in [0.3, 0.4) is 0 Å². The van der Waals surface area contributed by atoms with Gasteiger partial charge in [0, 0.05) is 6.04 Å². The van der Waals surface area contributed by atoms with Crippen molar-refractivity contribution in [3.63, 3.8) is 0 Å². The van der Waals surface area contributed by atoms with Crippen molar-refractivity contribution in [3.8, 4) is 0 Å². The van der Waals surface area contributed by atoms with Crippen molar-refractivity contribution in [2.45, 2.75) is 52.5 Å². The number of nitrogens with one attached hydrogen (secondary N) is 1. The minimum absolute atomic E-state index is 0.000812. The number of nitrogens with zero attached hydrogens (tertiary/aromatic N) is 1. The zero-order valence-electron chi connectivity index (χ0n) is 11.7. The summed E-state index contributed by atoms with van der Waals surface area (Å²) in [4.78, 5) is 27.2. The fraction of sp³-hybridized carbons (Fsp3) is 0.714. The van der Waals surface area contributed by atoms with Crippen LogP contribution in [0.4, 0.5) is 0 Å². The molecule has 106 valence electrons. The molecule has 1 N–H and O–H groups in total. The van der Waals surface area contributed by atoms with Crippen LogP contribution in [0.25, 0.3) is 0 Å². The Labute approximate surface area is 117 Å². The van der Waals surface area contributed by atoms with E-state index in [9.17, 15) is 9.59 Å². The summed E-state index contributed by atoms with van der Waals surface area (Å²) in [7, 11) is 0. The number of H-pyrrole nitrogens is 1. The molecule has 0 spiro atoms. The third-order valence-corrected chi connectivity index (χ3v) is 4.75. The van der Waals surface area contributed by atoms with E-state index in [1.54, 1.807) is 0 Å². The van der Waals surface area contributed by atoms with Gasteiger partial charge in [0.1, 0.15) is 5.15 Å². The fourth-order valence-corrected chi connectivity index (χ4v) is 3.29. The Kier molecular flexibility index (Phi) is 4.19. The van der Waals surface area contributed by atoms with Gasteiger partial charge in [0.05, 0.1) is 5.56 Å². The van der Waals surface area contributed by atoms with Gasteiger partial charge in [-0.25, -0.2) is 4.79 Å². The first-order valence-electron chi connectivity index (χ1n) is 7.00. The van der Waals surface area contributed by atoms with Gasteiger partial charge in [-0.1, -0.05) is 38.8 Å². The average Bonchev–Trinajstić information content (AvgIpc) is 2.66. The van der Waals surface area contributed by atoms with Crippen LogP contribution in [0.1, 0.15) is 51.6 Å². The van der Waals surface area contributed by atoms with Crippen LogP contribution in [-0.2, 0) is 6.42 Å². The van der Waals surface area contributed by atoms with E-state index in [1.165, 1.54) is 4.57 Å². The molecule has 3 atom stereocenters. The molecule has 1 fully saturated rings. The van der Waals surface area contributed by atoms with Gasteiger partial charge in [0.15, 0.2) is 0 Å². The first-order chi connectivity index (χ1) is 8.97. The molecule has 1 heterocycles. The van der Waals surface area contributed by atoms with Gasteiger partial charge in [-0.05, 0) is 31.1 Å². The van der Waals surface area contributed by atoms with Crippen LogP contribution in [0, 0.1) is 11.8 Å². The molecule has 0 aromatic carbocycles. The standard InChI is InChI=1S/C14H21ClN2O2/c1-4-5-10-12(15)16-14(19)17(13(10)18)11-7-6-8(2)9(11)3/h8-9,11H,4-7H2,1-3H3,(H,16,19). The van der Waals surface area contributed by atoms with E-state index in [-0.39, 0.29) is 22.4 Å². The number of aromatic amines is 1. The Bertz CT molecular complexity index is 576. The second-order valence-corrected chi connectivity index (χ2v) is 6.01. The summed E-state index contributed by atoms with van der Waals surface area (Å²) >= 11 is 5.99. The van der Waals surface area contributed by atoms with Crippen molar-refractivity contribution in [3.05, 3.63) is 31.6 Å². The maximum absolute atomic E-state index is 12.5. The molecule has 1 saturated carbocycles. The molecule has 0 amide bonds. The molecule has 0 bridgehead atoms. The van der Waals surface area contributed by atoms with Gasteiger partial charge in [-0.3, -0.25) is 14.3 Å². The third kappa shape index (κ3) is 2.50. The molecule has 5 heteroatoms. The normalized spacial score (nSPS) is 26.8. The Hall–Kier alpha value is -1.03. The van der Waals surface area contributed by atoms with E-state index < -0.39 is 0 Å². The molecular formula is C14H21ClN2O2. The molecular weight excluding hydrogens is 264 g/mol. The Morgan fingerprint density at radius 1 is 1.32 bits per heavy atom. The van der Waals surface area contributed by atoms with Crippen LogP contribution >= 0.6 is 11.6 Å². The summed E-state index contributed by atoms with van der Waals surface area (Å²) in [5.41, 5.74) is -0.0436. The molecule has 0 radical (unpaired) electrons. The average molecular weight is 285 g/mol. The molecule has 1 aliphatic rings. The molecule has 0 saturated heterocycles. The van der Waals surface area contributed by atoms with E-state index in [1.807, 2.05) is 6.92 Å². The van der Waals surface area contributed by atoms with Crippen LogP contribution in [-0.4, -0.2) is 9.55 Å². The van der Waals surface area contributed by atoms with Crippen molar-refractivity contribution in [2.24, 2.45) is 11.8 Å². The van der Waals surface area contributed by atoms with Crippen molar-refractivity contribution in [1.82, 2.24) is 9.55 Å². The number of halogens is 1. The second-order valence-electron chi connectivity index (χ2n) is 5.63. The van der Waals surface area contributed by atoms with Gasteiger partial charge >= 0.3 is 5.69 Å². The van der Waals surface area contributed by atoms with E-state index in [2.05, 4.69) is 18.8 Å². The highest BCUT2D eigenvalue weighted by Crippen LogP contribution is 2.38. The summed E-state index contributed by atoms with van der Waals surface area (Å²) in [5, 5.41) is 0.201. The highest BCUT2D eigenvalue weighted by Gasteiger charge is 2.33. The quantitative estimate of drug-likeness (QED) is 0.868. The first-order valence-corrected chi connectivity index (χ1v) is 7.38. The van der Waals surface area contributed by atoms with Crippen LogP contribution in [0.2, 0.25) is 5.15 Å². The molecule has 1 aromatic heterocycles. The lowest BCUT2D eigenvalue weighted by atomic mass is 9.97. The first kappa shape index (κ1) is 14.4. The van der Waals surface area contributed by atoms with Gasteiger partial charge < -0.3 is 0 Å². The lowest BCUT2D eigenvalue weighted by Crippen LogP contribution is -2.41. The summed E-state index contributed by atoms with van der Waals surface area (Å²) in [5.74, 6) is 0.885. The Morgan fingerprint density at radius 3 is 2.53 bits per heavy atom. The number of rotatable bonds is 3. The number of hydrogen-bond acceptors (Lipinski definition) is 2. The van der Waals surface area contributed by atoms with Crippen molar-refractivity contribution >= 4 is 11.6 Å². The SMILES string of the molecule is CCCc1c(Cl)[nH]c(=O)n(C2CCC(C)C2C)c1=O. The minimum atomic E-state index is -0.374. The molecule has 19 heavy (non-hydrogen) atoms. The predicted molar refractivity (Wildman–Crippen MR) is 76.9 cm³/mol. The third-order valence-electron chi connectivity index (χ3n) is 4.43. The summed E-state index contributed by atoms with van der Waals surface area (Å²) < 4.78 is 1.39. The van der Waals surface area contributed by atoms with Crippen molar-refractivity contribution in [1.29, 1.82) is 0 Å². The molecule has 1 aliphatic carbocycles. The smallest absolute Gasteiger partial charge is 0.297 e. The maximum Gasteiger partial charge on any atom is 0.329 e. The summed E-state index contributed by atoms with van der Waals surface area (Å²) in [6, 6.07) is -0.000812. The zero-order chi connectivity index (χ0) is 14.2. The minimum Gasteiger partial charge on any atom is -0.297 e. The molecule has 1 aromatic rings. The fourth-order valence-electron chi connectivity index (χ4n) is 3.03. The van der Waals surface area contributed by atoms with E-state index in [4.69, 9.17) is 11.6 Å². The second kappa shape index (κ2) is 5.53. The zero-order valence-corrected chi connectivity index (χ0v) is 12.5. The highest BCUT2D eigenvalue weighted by molar-refractivity contribution is 6.30. The van der Waals surface area contributed by atoms with E-state index >= 15 is 0 Å². The molecule has 3 unspecified atom stereocenters. The van der Waals surface area contributed by atoms with Crippen LogP contribution in [0.5, 0.6) is 0 Å². The van der Waals surface area contributed by atoms with Crippen LogP contribution in [0.15, 0.2) is 9.59 Å². The van der Waals surface area contributed by atoms with Gasteiger partial charge in [-0.15, -0.1) is 0 Å².